The van der Waals surface area contributed by atoms with E-state index in [1.165, 1.54) is 0 Å². The maximum Gasteiger partial charge on any atom is 0.0917 e. The molecule has 0 fully saturated rings. The monoisotopic (exact) mass is 257 g/mol. The summed E-state index contributed by atoms with van der Waals surface area (Å²) in [5.74, 6) is 0. The fourth-order valence-corrected chi connectivity index (χ4v) is 1.99. The molecule has 1 aromatic rings. The smallest absolute Gasteiger partial charge is 0.0917 e. The number of halogens is 1. The van der Waals surface area contributed by atoms with Crippen LogP contribution in [0.15, 0.2) is 18.2 Å². The number of nitrogens with two attached hydrogens (primary N) is 1. The first-order valence-corrected chi connectivity index (χ1v) is 5.84. The van der Waals surface area contributed by atoms with Crippen molar-refractivity contribution in [2.45, 2.75) is 12.5 Å². The molecule has 0 aliphatic carbocycles. The summed E-state index contributed by atoms with van der Waals surface area (Å²) >= 11 is 6.03. The highest BCUT2D eigenvalue weighted by Crippen LogP contribution is 2.28. The molecule has 0 aromatic heterocycles. The quantitative estimate of drug-likeness (QED) is 0.702. The van der Waals surface area contributed by atoms with E-state index in [1.54, 1.807) is 25.1 Å². The lowest BCUT2D eigenvalue weighted by Gasteiger charge is -2.28. The maximum absolute atomic E-state index is 10.1. The molecule has 0 amide bonds. The molecule has 1 aromatic carbocycles. The van der Waals surface area contributed by atoms with Gasteiger partial charge in [0.1, 0.15) is 0 Å². The lowest BCUT2D eigenvalue weighted by molar-refractivity contribution is 0.0460. The molecule has 1 unspecified atom stereocenters. The van der Waals surface area contributed by atoms with Gasteiger partial charge in [0.05, 0.1) is 22.0 Å². The predicted molar refractivity (Wildman–Crippen MR) is 73.5 cm³/mol. The van der Waals surface area contributed by atoms with Crippen molar-refractivity contribution in [3.05, 3.63) is 23.2 Å². The molecule has 0 saturated carbocycles. The lowest BCUT2D eigenvalue weighted by Crippen LogP contribution is -2.43. The zero-order valence-electron chi connectivity index (χ0n) is 10.5. The van der Waals surface area contributed by atoms with Crippen LogP contribution < -0.4 is 11.1 Å². The average Bonchev–Trinajstić information content (AvgIpc) is 2.14. The Kier molecular flexibility index (Phi) is 4.62. The third kappa shape index (κ3) is 4.42. The van der Waals surface area contributed by atoms with Gasteiger partial charge in [0.15, 0.2) is 0 Å². The molecule has 0 saturated heterocycles. The number of aliphatic hydroxyl groups is 1. The van der Waals surface area contributed by atoms with Gasteiger partial charge in [-0.25, -0.2) is 0 Å². The summed E-state index contributed by atoms with van der Waals surface area (Å²) in [6.45, 7) is 2.72. The van der Waals surface area contributed by atoms with Gasteiger partial charge in [0, 0.05) is 13.1 Å². The van der Waals surface area contributed by atoms with E-state index in [2.05, 4.69) is 5.32 Å². The van der Waals surface area contributed by atoms with E-state index in [4.69, 9.17) is 17.3 Å². The van der Waals surface area contributed by atoms with Gasteiger partial charge in [-0.15, -0.1) is 0 Å². The molecule has 1 atom stereocenters. The second-order valence-corrected chi connectivity index (χ2v) is 5.20. The van der Waals surface area contributed by atoms with Crippen molar-refractivity contribution in [2.24, 2.45) is 0 Å². The van der Waals surface area contributed by atoms with Crippen LogP contribution in [0.3, 0.4) is 0 Å². The maximum atomic E-state index is 10.1. The lowest BCUT2D eigenvalue weighted by atomic mass is 10.1. The van der Waals surface area contributed by atoms with Crippen molar-refractivity contribution in [1.82, 2.24) is 4.90 Å². The van der Waals surface area contributed by atoms with E-state index >= 15 is 0 Å². The summed E-state index contributed by atoms with van der Waals surface area (Å²) in [6, 6.07) is 5.33. The van der Waals surface area contributed by atoms with E-state index in [-0.39, 0.29) is 0 Å². The SMILES string of the molecule is CN(C)CC(C)(O)CNc1c(N)cccc1Cl. The van der Waals surface area contributed by atoms with Crippen molar-refractivity contribution < 1.29 is 5.11 Å². The number of likely N-dealkylation sites (N-methyl/N-ethyl adjacent to an activating group) is 1. The summed E-state index contributed by atoms with van der Waals surface area (Å²) in [5.41, 5.74) is 6.23. The molecule has 17 heavy (non-hydrogen) atoms. The topological polar surface area (TPSA) is 61.5 Å². The predicted octanol–water partition coefficient (Wildman–Crippen LogP) is 1.65. The Morgan fingerprint density at radius 2 is 2.12 bits per heavy atom. The number of rotatable bonds is 5. The van der Waals surface area contributed by atoms with Crippen LogP contribution in [0.4, 0.5) is 11.4 Å². The molecule has 0 heterocycles. The third-order valence-corrected chi connectivity index (χ3v) is 2.66. The van der Waals surface area contributed by atoms with E-state index in [0.29, 0.717) is 29.5 Å². The molecule has 5 heteroatoms. The van der Waals surface area contributed by atoms with E-state index in [0.717, 1.165) is 0 Å². The zero-order chi connectivity index (χ0) is 13.1. The van der Waals surface area contributed by atoms with Crippen molar-refractivity contribution in [1.29, 1.82) is 0 Å². The van der Waals surface area contributed by atoms with Gasteiger partial charge in [-0.05, 0) is 33.2 Å². The Bertz CT molecular complexity index is 360. The van der Waals surface area contributed by atoms with Crippen LogP contribution in [-0.2, 0) is 0 Å². The molecule has 96 valence electrons. The third-order valence-electron chi connectivity index (χ3n) is 2.35. The van der Waals surface area contributed by atoms with Crippen molar-refractivity contribution in [2.75, 3.05) is 38.2 Å². The van der Waals surface area contributed by atoms with Crippen LogP contribution in [-0.4, -0.2) is 42.8 Å². The van der Waals surface area contributed by atoms with Gasteiger partial charge in [-0.1, -0.05) is 17.7 Å². The molecule has 4 nitrogen and oxygen atoms in total. The summed E-state index contributed by atoms with van der Waals surface area (Å²) in [5, 5.41) is 13.8. The number of nitrogens with one attached hydrogen (secondary N) is 1. The number of benzene rings is 1. The molecular formula is C12H20ClN3O. The molecule has 0 radical (unpaired) electrons. The highest BCUT2D eigenvalue weighted by atomic mass is 35.5. The molecule has 0 aliphatic heterocycles. The number of nitrogens with zero attached hydrogens (tertiary/aromatic N) is 1. The number of anilines is 2. The summed E-state index contributed by atoms with van der Waals surface area (Å²) in [7, 11) is 3.83. The van der Waals surface area contributed by atoms with E-state index in [9.17, 15) is 5.11 Å². The summed E-state index contributed by atoms with van der Waals surface area (Å²) in [4.78, 5) is 1.93. The zero-order valence-corrected chi connectivity index (χ0v) is 11.3. The number of nitrogen functional groups attached to an aromatic ring is 1. The molecule has 4 N–H and O–H groups in total. The van der Waals surface area contributed by atoms with Crippen LogP contribution in [0.1, 0.15) is 6.92 Å². The van der Waals surface area contributed by atoms with Crippen molar-refractivity contribution in [3.63, 3.8) is 0 Å². The van der Waals surface area contributed by atoms with Gasteiger partial charge in [0.2, 0.25) is 0 Å². The normalized spacial score (nSPS) is 14.7. The van der Waals surface area contributed by atoms with Crippen LogP contribution in [0.2, 0.25) is 5.02 Å². The molecule has 0 aliphatic rings. The molecule has 0 bridgehead atoms. The van der Waals surface area contributed by atoms with Gasteiger partial charge in [-0.2, -0.15) is 0 Å². The van der Waals surface area contributed by atoms with E-state index in [1.807, 2.05) is 19.0 Å². The minimum atomic E-state index is -0.838. The van der Waals surface area contributed by atoms with E-state index < -0.39 is 5.60 Å². The first kappa shape index (κ1) is 14.1. The fourth-order valence-electron chi connectivity index (χ4n) is 1.74. The minimum Gasteiger partial charge on any atom is -0.397 e. The average molecular weight is 258 g/mol. The summed E-state index contributed by atoms with van der Waals surface area (Å²) in [6.07, 6.45) is 0. The van der Waals surface area contributed by atoms with Crippen LogP contribution in [0.25, 0.3) is 0 Å². The number of para-hydroxylation sites is 1. The van der Waals surface area contributed by atoms with Gasteiger partial charge in [0.25, 0.3) is 0 Å². The Labute approximate surface area is 107 Å². The second-order valence-electron chi connectivity index (χ2n) is 4.79. The standard InChI is InChI=1S/C12H20ClN3O/c1-12(17,8-16(2)3)7-15-11-9(13)5-4-6-10(11)14/h4-6,15,17H,7-8,14H2,1-3H3. The molecule has 1 rings (SSSR count). The van der Waals surface area contributed by atoms with Crippen LogP contribution in [0, 0.1) is 0 Å². The van der Waals surface area contributed by atoms with Gasteiger partial charge in [-0.3, -0.25) is 0 Å². The molecular weight excluding hydrogens is 238 g/mol. The first-order valence-electron chi connectivity index (χ1n) is 5.47. The highest BCUT2D eigenvalue weighted by Gasteiger charge is 2.21. The minimum absolute atomic E-state index is 0.388. The van der Waals surface area contributed by atoms with Crippen molar-refractivity contribution in [3.8, 4) is 0 Å². The Morgan fingerprint density at radius 3 is 2.65 bits per heavy atom. The molecule has 0 spiro atoms. The Balaban J connectivity index is 2.67. The van der Waals surface area contributed by atoms with Crippen LogP contribution >= 0.6 is 11.6 Å². The fraction of sp³-hybridized carbons (Fsp3) is 0.500. The first-order chi connectivity index (χ1) is 7.82. The van der Waals surface area contributed by atoms with Crippen LogP contribution in [0.5, 0.6) is 0 Å². The second kappa shape index (κ2) is 5.58. The summed E-state index contributed by atoms with van der Waals surface area (Å²) < 4.78 is 0. The number of hydrogen-bond acceptors (Lipinski definition) is 4. The Hall–Kier alpha value is -0.970. The van der Waals surface area contributed by atoms with Gasteiger partial charge < -0.3 is 21.1 Å². The Morgan fingerprint density at radius 1 is 1.47 bits per heavy atom. The highest BCUT2D eigenvalue weighted by molar-refractivity contribution is 6.33. The van der Waals surface area contributed by atoms with Crippen molar-refractivity contribution >= 4 is 23.0 Å². The largest absolute Gasteiger partial charge is 0.397 e. The van der Waals surface area contributed by atoms with Gasteiger partial charge >= 0.3 is 0 Å². The number of hydrogen-bond donors (Lipinski definition) is 3.